The van der Waals surface area contributed by atoms with Gasteiger partial charge in [-0.25, -0.2) is 0 Å². The Morgan fingerprint density at radius 1 is 1.39 bits per heavy atom. The zero-order valence-corrected chi connectivity index (χ0v) is 12.5. The Morgan fingerprint density at radius 3 is 2.78 bits per heavy atom. The van der Waals surface area contributed by atoms with Gasteiger partial charge in [-0.2, -0.15) is 4.98 Å². The Morgan fingerprint density at radius 2 is 2.11 bits per heavy atom. The molecule has 2 rings (SSSR count). The normalized spacial score (nSPS) is 12.9. The first kappa shape index (κ1) is 13.4. The molecule has 1 aromatic heterocycles. The van der Waals surface area contributed by atoms with Crippen molar-refractivity contribution in [1.82, 2.24) is 15.0 Å². The van der Waals surface area contributed by atoms with Gasteiger partial charge in [0.1, 0.15) is 0 Å². The third kappa shape index (κ3) is 3.06. The summed E-state index contributed by atoms with van der Waals surface area (Å²) in [5.74, 6) is 1.06. The summed E-state index contributed by atoms with van der Waals surface area (Å²) in [6.07, 6.45) is 0. The quantitative estimate of drug-likeness (QED) is 0.846. The summed E-state index contributed by atoms with van der Waals surface area (Å²) in [7, 11) is 3.92. The van der Waals surface area contributed by atoms with Gasteiger partial charge in [0, 0.05) is 10.1 Å². The predicted molar refractivity (Wildman–Crippen MR) is 77.9 cm³/mol. The molecule has 5 nitrogen and oxygen atoms in total. The fourth-order valence-corrected chi connectivity index (χ4v) is 2.22. The highest BCUT2D eigenvalue weighted by molar-refractivity contribution is 14.1. The molecule has 0 spiro atoms. The molecule has 0 saturated carbocycles. The van der Waals surface area contributed by atoms with E-state index in [2.05, 4.69) is 32.7 Å². The van der Waals surface area contributed by atoms with Crippen molar-refractivity contribution in [2.45, 2.75) is 6.04 Å². The maximum Gasteiger partial charge on any atom is 0.259 e. The Balaban J connectivity index is 2.23. The maximum atomic E-state index is 6.00. The molecule has 1 heterocycles. The number of likely N-dealkylation sites (N-methyl/N-ethyl adjacent to an activating group) is 1. The maximum absolute atomic E-state index is 6.00. The van der Waals surface area contributed by atoms with Crippen molar-refractivity contribution < 1.29 is 4.52 Å². The predicted octanol–water partition coefficient (Wildman–Crippen LogP) is 1.90. The molecule has 96 valence electrons. The monoisotopic (exact) mass is 358 g/mol. The number of hydrogen-bond donors (Lipinski definition) is 1. The van der Waals surface area contributed by atoms with Gasteiger partial charge in [-0.15, -0.1) is 0 Å². The number of aromatic nitrogens is 2. The van der Waals surface area contributed by atoms with E-state index in [1.165, 1.54) is 0 Å². The van der Waals surface area contributed by atoms with E-state index in [1.54, 1.807) is 0 Å². The van der Waals surface area contributed by atoms with Gasteiger partial charge in [0.2, 0.25) is 0 Å². The topological polar surface area (TPSA) is 68.2 Å². The van der Waals surface area contributed by atoms with Gasteiger partial charge in [0.05, 0.1) is 11.6 Å². The highest BCUT2D eigenvalue weighted by Gasteiger charge is 2.16. The summed E-state index contributed by atoms with van der Waals surface area (Å²) in [5, 5.41) is 3.95. The second-order valence-corrected chi connectivity index (χ2v) is 5.47. The number of rotatable bonds is 4. The zero-order chi connectivity index (χ0) is 13.1. The second-order valence-electron chi connectivity index (χ2n) is 4.31. The summed E-state index contributed by atoms with van der Waals surface area (Å²) in [6.45, 7) is 0.685. The number of nitrogens with zero attached hydrogens (tertiary/aromatic N) is 3. The van der Waals surface area contributed by atoms with E-state index >= 15 is 0 Å². The number of benzene rings is 1. The van der Waals surface area contributed by atoms with Crippen LogP contribution in [0.25, 0.3) is 11.5 Å². The van der Waals surface area contributed by atoms with Gasteiger partial charge in [-0.1, -0.05) is 17.3 Å². The van der Waals surface area contributed by atoms with Crippen LogP contribution < -0.4 is 5.73 Å². The standard InChI is InChI=1S/C12H15IN4O/c1-17(2)7-10(14)11-15-12(18-16-11)8-5-3-4-6-9(8)13/h3-6,10H,7,14H2,1-2H3. The summed E-state index contributed by atoms with van der Waals surface area (Å²) in [4.78, 5) is 6.35. The molecule has 2 aromatic rings. The Bertz CT molecular complexity index is 526. The fourth-order valence-electron chi connectivity index (χ4n) is 1.60. The molecule has 0 aliphatic rings. The van der Waals surface area contributed by atoms with Crippen LogP contribution in [0.2, 0.25) is 0 Å². The number of nitrogens with two attached hydrogens (primary N) is 1. The number of hydrogen-bond acceptors (Lipinski definition) is 5. The summed E-state index contributed by atoms with van der Waals surface area (Å²) < 4.78 is 6.35. The van der Waals surface area contributed by atoms with Gasteiger partial charge < -0.3 is 15.2 Å². The van der Waals surface area contributed by atoms with Crippen LogP contribution in [0.1, 0.15) is 11.9 Å². The van der Waals surface area contributed by atoms with Gasteiger partial charge >= 0.3 is 0 Å². The van der Waals surface area contributed by atoms with Crippen LogP contribution >= 0.6 is 22.6 Å². The van der Waals surface area contributed by atoms with E-state index in [0.717, 1.165) is 9.13 Å². The highest BCUT2D eigenvalue weighted by Crippen LogP contribution is 2.24. The zero-order valence-electron chi connectivity index (χ0n) is 10.3. The molecule has 0 saturated heterocycles. The van der Waals surface area contributed by atoms with Gasteiger partial charge in [0.15, 0.2) is 5.82 Å². The van der Waals surface area contributed by atoms with Crippen molar-refractivity contribution in [3.8, 4) is 11.5 Å². The third-order valence-corrected chi connectivity index (χ3v) is 3.38. The summed E-state index contributed by atoms with van der Waals surface area (Å²) in [5.41, 5.74) is 6.94. The van der Waals surface area contributed by atoms with Crippen LogP contribution in [0.4, 0.5) is 0 Å². The minimum absolute atomic E-state index is 0.237. The van der Waals surface area contributed by atoms with Gasteiger partial charge in [-0.3, -0.25) is 0 Å². The summed E-state index contributed by atoms with van der Waals surface area (Å²) >= 11 is 2.24. The van der Waals surface area contributed by atoms with Crippen molar-refractivity contribution in [3.63, 3.8) is 0 Å². The Hall–Kier alpha value is -0.990. The number of halogens is 1. The third-order valence-electron chi connectivity index (χ3n) is 2.44. The van der Waals surface area contributed by atoms with E-state index in [4.69, 9.17) is 10.3 Å². The van der Waals surface area contributed by atoms with E-state index in [-0.39, 0.29) is 6.04 Å². The average Bonchev–Trinajstić information content (AvgIpc) is 2.78. The molecule has 18 heavy (non-hydrogen) atoms. The molecule has 0 aliphatic carbocycles. The first-order valence-corrected chi connectivity index (χ1v) is 6.64. The Labute approximate surface area is 119 Å². The largest absolute Gasteiger partial charge is 0.334 e. The molecule has 1 unspecified atom stereocenters. The first-order valence-electron chi connectivity index (χ1n) is 5.56. The average molecular weight is 358 g/mol. The smallest absolute Gasteiger partial charge is 0.259 e. The minimum atomic E-state index is -0.237. The van der Waals surface area contributed by atoms with E-state index in [9.17, 15) is 0 Å². The second kappa shape index (κ2) is 5.77. The van der Waals surface area contributed by atoms with Crippen molar-refractivity contribution in [1.29, 1.82) is 0 Å². The molecule has 0 fully saturated rings. The lowest BCUT2D eigenvalue weighted by molar-refractivity contribution is 0.357. The molecule has 2 N–H and O–H groups in total. The lowest BCUT2D eigenvalue weighted by Gasteiger charge is -2.12. The molecule has 1 atom stereocenters. The molecule has 1 aromatic carbocycles. The molecule has 0 bridgehead atoms. The Kier molecular flexibility index (Phi) is 4.31. The van der Waals surface area contributed by atoms with E-state index < -0.39 is 0 Å². The lowest BCUT2D eigenvalue weighted by Crippen LogP contribution is -2.26. The van der Waals surface area contributed by atoms with Crippen LogP contribution in [0, 0.1) is 3.57 Å². The SMILES string of the molecule is CN(C)CC(N)c1noc(-c2ccccc2I)n1. The molecule has 6 heteroatoms. The fraction of sp³-hybridized carbons (Fsp3) is 0.333. The van der Waals surface area contributed by atoms with Gasteiger partial charge in [-0.05, 0) is 48.8 Å². The molecule has 0 amide bonds. The van der Waals surface area contributed by atoms with E-state index in [0.29, 0.717) is 18.3 Å². The van der Waals surface area contributed by atoms with Crippen LogP contribution in [0.3, 0.4) is 0 Å². The first-order chi connectivity index (χ1) is 8.58. The van der Waals surface area contributed by atoms with Crippen LogP contribution in [-0.2, 0) is 0 Å². The van der Waals surface area contributed by atoms with Crippen molar-refractivity contribution in [2.75, 3.05) is 20.6 Å². The lowest BCUT2D eigenvalue weighted by atomic mass is 10.2. The van der Waals surface area contributed by atoms with Crippen molar-refractivity contribution in [2.24, 2.45) is 5.73 Å². The summed E-state index contributed by atoms with van der Waals surface area (Å²) in [6, 6.07) is 7.64. The van der Waals surface area contributed by atoms with Crippen molar-refractivity contribution >= 4 is 22.6 Å². The minimum Gasteiger partial charge on any atom is -0.334 e. The molecule has 0 radical (unpaired) electrons. The van der Waals surface area contributed by atoms with Crippen LogP contribution in [-0.4, -0.2) is 35.7 Å². The highest BCUT2D eigenvalue weighted by atomic mass is 127. The van der Waals surface area contributed by atoms with Crippen LogP contribution in [0.5, 0.6) is 0 Å². The van der Waals surface area contributed by atoms with Crippen LogP contribution in [0.15, 0.2) is 28.8 Å². The molecular formula is C12H15IN4O. The van der Waals surface area contributed by atoms with E-state index in [1.807, 2.05) is 43.3 Å². The molecular weight excluding hydrogens is 343 g/mol. The van der Waals surface area contributed by atoms with Gasteiger partial charge in [0.25, 0.3) is 5.89 Å². The molecule has 0 aliphatic heterocycles. The van der Waals surface area contributed by atoms with Crippen molar-refractivity contribution in [3.05, 3.63) is 33.7 Å².